The molecule has 2 aromatic carbocycles. The molecular formula is C22H28ClN. The molecule has 0 saturated carbocycles. The summed E-state index contributed by atoms with van der Waals surface area (Å²) in [5, 5.41) is 0.853. The zero-order chi connectivity index (χ0) is 16.9. The maximum absolute atomic E-state index is 6.45. The van der Waals surface area contributed by atoms with Crippen LogP contribution in [-0.4, -0.2) is 24.0 Å². The monoisotopic (exact) mass is 341 g/mol. The molecule has 1 atom stereocenters. The Balaban J connectivity index is 1.89. The van der Waals surface area contributed by atoms with Crippen LogP contribution in [0.3, 0.4) is 0 Å². The fourth-order valence-electron chi connectivity index (χ4n) is 4.08. The summed E-state index contributed by atoms with van der Waals surface area (Å²) in [5.41, 5.74) is 5.53. The number of nitrogens with zero attached hydrogens (tertiary/aromatic N) is 1. The van der Waals surface area contributed by atoms with Crippen molar-refractivity contribution in [3.05, 3.63) is 58.6 Å². The Labute approximate surface area is 151 Å². The van der Waals surface area contributed by atoms with Gasteiger partial charge in [-0.25, -0.2) is 0 Å². The third-order valence-electron chi connectivity index (χ3n) is 5.16. The summed E-state index contributed by atoms with van der Waals surface area (Å²) in [6.45, 7) is 7.01. The van der Waals surface area contributed by atoms with Crippen molar-refractivity contribution in [3.8, 4) is 11.1 Å². The van der Waals surface area contributed by atoms with E-state index in [0.29, 0.717) is 6.04 Å². The fraction of sp³-hybridized carbons (Fsp3) is 0.455. The first-order valence-electron chi connectivity index (χ1n) is 9.34. The lowest BCUT2D eigenvalue weighted by molar-refractivity contribution is 0.180. The zero-order valence-electron chi connectivity index (χ0n) is 14.9. The number of benzene rings is 2. The Morgan fingerprint density at radius 2 is 1.67 bits per heavy atom. The normalized spacial score (nSPS) is 17.1. The molecule has 0 fully saturated rings. The average molecular weight is 342 g/mol. The van der Waals surface area contributed by atoms with E-state index in [0.717, 1.165) is 11.4 Å². The third kappa shape index (κ3) is 3.68. The van der Waals surface area contributed by atoms with E-state index in [-0.39, 0.29) is 0 Å². The number of rotatable bonds is 6. The van der Waals surface area contributed by atoms with Gasteiger partial charge in [-0.2, -0.15) is 0 Å². The van der Waals surface area contributed by atoms with Crippen LogP contribution >= 0.6 is 11.6 Å². The largest absolute Gasteiger partial charge is 0.300 e. The molecule has 128 valence electrons. The third-order valence-corrected chi connectivity index (χ3v) is 5.49. The van der Waals surface area contributed by atoms with Crippen LogP contribution in [0.4, 0.5) is 0 Å². The van der Waals surface area contributed by atoms with Crippen molar-refractivity contribution in [1.29, 1.82) is 0 Å². The molecule has 0 aromatic heterocycles. The summed E-state index contributed by atoms with van der Waals surface area (Å²) in [6, 6.07) is 15.7. The highest BCUT2D eigenvalue weighted by Crippen LogP contribution is 2.36. The van der Waals surface area contributed by atoms with Crippen LogP contribution in [0.2, 0.25) is 5.02 Å². The number of halogens is 1. The van der Waals surface area contributed by atoms with Crippen LogP contribution in [0.5, 0.6) is 0 Å². The molecule has 1 aliphatic rings. The Kier molecular flexibility index (Phi) is 5.97. The van der Waals surface area contributed by atoms with Gasteiger partial charge in [0.15, 0.2) is 0 Å². The minimum absolute atomic E-state index is 0.693. The van der Waals surface area contributed by atoms with E-state index in [1.807, 2.05) is 12.1 Å². The molecule has 0 heterocycles. The van der Waals surface area contributed by atoms with Gasteiger partial charge >= 0.3 is 0 Å². The van der Waals surface area contributed by atoms with Gasteiger partial charge < -0.3 is 4.90 Å². The van der Waals surface area contributed by atoms with E-state index in [1.54, 1.807) is 0 Å². The lowest BCUT2D eigenvalue weighted by Gasteiger charge is -2.35. The molecule has 0 amide bonds. The first-order valence-corrected chi connectivity index (χ1v) is 9.72. The minimum Gasteiger partial charge on any atom is -0.300 e. The predicted octanol–water partition coefficient (Wildman–Crippen LogP) is 5.99. The summed E-state index contributed by atoms with van der Waals surface area (Å²) < 4.78 is 0. The number of hydrogen-bond donors (Lipinski definition) is 0. The second-order valence-electron chi connectivity index (χ2n) is 6.86. The molecule has 0 radical (unpaired) electrons. The van der Waals surface area contributed by atoms with Gasteiger partial charge in [0, 0.05) is 16.6 Å². The van der Waals surface area contributed by atoms with Crippen molar-refractivity contribution in [2.45, 2.75) is 52.0 Å². The van der Waals surface area contributed by atoms with E-state index in [9.17, 15) is 0 Å². The Bertz CT molecular complexity index is 673. The second-order valence-corrected chi connectivity index (χ2v) is 7.26. The summed E-state index contributed by atoms with van der Waals surface area (Å²) in [4.78, 5) is 2.70. The number of hydrogen-bond acceptors (Lipinski definition) is 1. The van der Waals surface area contributed by atoms with Crippen LogP contribution in [0, 0.1) is 0 Å². The molecule has 1 nitrogen and oxygen atoms in total. The SMILES string of the molecule is CCCN(CCC)[C@H]1CCc2c(cccc2-c2ccccc2Cl)C1. The smallest absolute Gasteiger partial charge is 0.0484 e. The van der Waals surface area contributed by atoms with Crippen molar-refractivity contribution in [1.82, 2.24) is 4.90 Å². The lowest BCUT2D eigenvalue weighted by atomic mass is 9.83. The highest BCUT2D eigenvalue weighted by Gasteiger charge is 2.25. The van der Waals surface area contributed by atoms with Crippen LogP contribution < -0.4 is 0 Å². The second kappa shape index (κ2) is 8.18. The van der Waals surface area contributed by atoms with Crippen molar-refractivity contribution in [2.24, 2.45) is 0 Å². The molecule has 0 saturated heterocycles. The minimum atomic E-state index is 0.693. The zero-order valence-corrected chi connectivity index (χ0v) is 15.6. The maximum atomic E-state index is 6.45. The molecule has 0 spiro atoms. The van der Waals surface area contributed by atoms with Crippen LogP contribution in [-0.2, 0) is 12.8 Å². The van der Waals surface area contributed by atoms with Crippen LogP contribution in [0.15, 0.2) is 42.5 Å². The molecule has 0 N–H and O–H groups in total. The summed E-state index contributed by atoms with van der Waals surface area (Å²) in [6.07, 6.45) is 6.07. The van der Waals surface area contributed by atoms with Gasteiger partial charge in [-0.05, 0) is 68.0 Å². The van der Waals surface area contributed by atoms with Gasteiger partial charge in [0.2, 0.25) is 0 Å². The van der Waals surface area contributed by atoms with E-state index < -0.39 is 0 Å². The first kappa shape index (κ1) is 17.5. The van der Waals surface area contributed by atoms with E-state index in [1.165, 1.54) is 61.0 Å². The van der Waals surface area contributed by atoms with Gasteiger partial charge in [-0.3, -0.25) is 0 Å². The molecule has 0 unspecified atom stereocenters. The molecule has 0 aliphatic heterocycles. The van der Waals surface area contributed by atoms with E-state index in [4.69, 9.17) is 11.6 Å². The van der Waals surface area contributed by atoms with E-state index in [2.05, 4.69) is 49.1 Å². The molecule has 24 heavy (non-hydrogen) atoms. The average Bonchev–Trinajstić information content (AvgIpc) is 2.61. The lowest BCUT2D eigenvalue weighted by Crippen LogP contribution is -2.40. The predicted molar refractivity (Wildman–Crippen MR) is 105 cm³/mol. The molecule has 0 bridgehead atoms. The summed E-state index contributed by atoms with van der Waals surface area (Å²) >= 11 is 6.45. The van der Waals surface area contributed by atoms with E-state index >= 15 is 0 Å². The summed E-state index contributed by atoms with van der Waals surface area (Å²) in [5.74, 6) is 0. The van der Waals surface area contributed by atoms with Gasteiger partial charge in [-0.15, -0.1) is 0 Å². The quantitative estimate of drug-likeness (QED) is 0.624. The van der Waals surface area contributed by atoms with Gasteiger partial charge in [0.05, 0.1) is 0 Å². The molecule has 2 aromatic rings. The Morgan fingerprint density at radius 1 is 0.958 bits per heavy atom. The Morgan fingerprint density at radius 3 is 2.38 bits per heavy atom. The van der Waals surface area contributed by atoms with Crippen molar-refractivity contribution in [3.63, 3.8) is 0 Å². The molecular weight excluding hydrogens is 314 g/mol. The highest BCUT2D eigenvalue weighted by atomic mass is 35.5. The van der Waals surface area contributed by atoms with Gasteiger partial charge in [0.25, 0.3) is 0 Å². The Hall–Kier alpha value is -1.31. The summed E-state index contributed by atoms with van der Waals surface area (Å²) in [7, 11) is 0. The number of fused-ring (bicyclic) bond motifs is 1. The highest BCUT2D eigenvalue weighted by molar-refractivity contribution is 6.33. The van der Waals surface area contributed by atoms with Gasteiger partial charge in [0.1, 0.15) is 0 Å². The maximum Gasteiger partial charge on any atom is 0.0484 e. The van der Waals surface area contributed by atoms with Crippen LogP contribution in [0.25, 0.3) is 11.1 Å². The van der Waals surface area contributed by atoms with Crippen molar-refractivity contribution in [2.75, 3.05) is 13.1 Å². The first-order chi connectivity index (χ1) is 11.7. The fourth-order valence-corrected chi connectivity index (χ4v) is 4.32. The molecule has 2 heteroatoms. The van der Waals surface area contributed by atoms with Crippen LogP contribution in [0.1, 0.15) is 44.2 Å². The van der Waals surface area contributed by atoms with Gasteiger partial charge in [-0.1, -0.05) is 61.8 Å². The topological polar surface area (TPSA) is 3.24 Å². The van der Waals surface area contributed by atoms with Crippen molar-refractivity contribution < 1.29 is 0 Å². The molecule has 1 aliphatic carbocycles. The van der Waals surface area contributed by atoms with Crippen molar-refractivity contribution >= 4 is 11.6 Å². The molecule has 3 rings (SSSR count). The standard InChI is InChI=1S/C22H28ClN/c1-3-14-24(15-4-2)18-12-13-19-17(16-18)8-7-10-20(19)21-9-5-6-11-22(21)23/h5-11,18H,3-4,12-16H2,1-2H3/t18-/m0/s1.